The molecule has 1 saturated heterocycles. The van der Waals surface area contributed by atoms with Crippen LogP contribution in [0, 0.1) is 0 Å². The lowest BCUT2D eigenvalue weighted by Crippen LogP contribution is -2.25. The first-order chi connectivity index (χ1) is 7.86. The van der Waals surface area contributed by atoms with Crippen LogP contribution in [0.2, 0.25) is 0 Å². The molecule has 86 valence electrons. The fourth-order valence-corrected chi connectivity index (χ4v) is 2.76. The van der Waals surface area contributed by atoms with Gasteiger partial charge in [0.05, 0.1) is 0 Å². The number of hydrogen-bond acceptors (Lipinski definition) is 2. The van der Waals surface area contributed by atoms with Gasteiger partial charge in [-0.2, -0.15) is 0 Å². The molecule has 1 fully saturated rings. The lowest BCUT2D eigenvalue weighted by Gasteiger charge is -2.14. The zero-order chi connectivity index (χ0) is 11.2. The number of amides is 1. The Hall–Kier alpha value is -0.960. The number of carbonyl (C=O) groups is 1. The molecule has 3 heteroatoms. The predicted molar refractivity (Wildman–Crippen MR) is 67.6 cm³/mol. The Bertz CT molecular complexity index is 339. The summed E-state index contributed by atoms with van der Waals surface area (Å²) < 4.78 is 0. The summed E-state index contributed by atoms with van der Waals surface area (Å²) in [7, 11) is 0. The van der Waals surface area contributed by atoms with Gasteiger partial charge in [0.15, 0.2) is 0 Å². The van der Waals surface area contributed by atoms with Gasteiger partial charge in [0.2, 0.25) is 5.91 Å². The molecule has 0 atom stereocenters. The van der Waals surface area contributed by atoms with Crippen LogP contribution in [-0.4, -0.2) is 29.6 Å². The third kappa shape index (κ3) is 3.27. The van der Waals surface area contributed by atoms with Gasteiger partial charge in [-0.1, -0.05) is 18.2 Å². The largest absolute Gasteiger partial charge is 0.343 e. The average Bonchev–Trinajstić information content (AvgIpc) is 2.72. The van der Waals surface area contributed by atoms with Crippen molar-refractivity contribution in [3.8, 4) is 0 Å². The quantitative estimate of drug-likeness (QED) is 0.578. The number of benzene rings is 1. The summed E-state index contributed by atoms with van der Waals surface area (Å²) in [6.45, 7) is 1.90. The van der Waals surface area contributed by atoms with Crippen LogP contribution < -0.4 is 0 Å². The summed E-state index contributed by atoms with van der Waals surface area (Å²) in [6, 6.07) is 10.4. The van der Waals surface area contributed by atoms with Gasteiger partial charge < -0.3 is 4.90 Å². The molecule has 2 rings (SSSR count). The van der Waals surface area contributed by atoms with Crippen molar-refractivity contribution in [1.82, 2.24) is 4.90 Å². The molecule has 0 unspecified atom stereocenters. The molecule has 0 bridgehead atoms. The molecule has 0 N–H and O–H groups in total. The van der Waals surface area contributed by atoms with Crippen molar-refractivity contribution in [3.05, 3.63) is 30.3 Å². The van der Waals surface area contributed by atoms with E-state index in [2.05, 4.69) is 24.3 Å². The minimum atomic E-state index is 0.338. The van der Waals surface area contributed by atoms with E-state index < -0.39 is 0 Å². The Labute approximate surface area is 101 Å². The van der Waals surface area contributed by atoms with Crippen LogP contribution in [0.4, 0.5) is 0 Å². The van der Waals surface area contributed by atoms with E-state index in [1.54, 1.807) is 0 Å². The molecule has 0 radical (unpaired) electrons. The summed E-state index contributed by atoms with van der Waals surface area (Å²) in [5.41, 5.74) is 0. The van der Waals surface area contributed by atoms with Crippen molar-refractivity contribution >= 4 is 17.7 Å². The Kier molecular flexibility index (Phi) is 4.28. The highest BCUT2D eigenvalue weighted by molar-refractivity contribution is 7.99. The average molecular weight is 235 g/mol. The molecule has 16 heavy (non-hydrogen) atoms. The second kappa shape index (κ2) is 5.94. The Morgan fingerprint density at radius 2 is 2.06 bits per heavy atom. The van der Waals surface area contributed by atoms with Crippen molar-refractivity contribution in [2.45, 2.75) is 24.2 Å². The number of nitrogens with zero attached hydrogens (tertiary/aromatic N) is 1. The summed E-state index contributed by atoms with van der Waals surface area (Å²) in [5, 5.41) is 0. The first-order valence-corrected chi connectivity index (χ1v) is 6.80. The van der Waals surface area contributed by atoms with Crippen molar-refractivity contribution in [2.24, 2.45) is 0 Å². The molecular formula is C13H17NOS. The standard InChI is InChI=1S/C13H17NOS/c15-13-8-4-9-14(13)10-5-11-16-12-6-2-1-3-7-12/h1-3,6-7H,4-5,8-11H2. The van der Waals surface area contributed by atoms with Crippen molar-refractivity contribution in [3.63, 3.8) is 0 Å². The maximum Gasteiger partial charge on any atom is 0.222 e. The van der Waals surface area contributed by atoms with Crippen LogP contribution in [0.25, 0.3) is 0 Å². The summed E-state index contributed by atoms with van der Waals surface area (Å²) in [4.78, 5) is 14.7. The van der Waals surface area contributed by atoms with Gasteiger partial charge in [0.25, 0.3) is 0 Å². The third-order valence-electron chi connectivity index (χ3n) is 2.76. The van der Waals surface area contributed by atoms with Crippen LogP contribution in [0.1, 0.15) is 19.3 Å². The monoisotopic (exact) mass is 235 g/mol. The van der Waals surface area contributed by atoms with Crippen LogP contribution in [-0.2, 0) is 4.79 Å². The maximum absolute atomic E-state index is 11.4. The van der Waals surface area contributed by atoms with E-state index in [9.17, 15) is 4.79 Å². The highest BCUT2D eigenvalue weighted by Crippen LogP contribution is 2.18. The topological polar surface area (TPSA) is 20.3 Å². The van der Waals surface area contributed by atoms with E-state index in [1.807, 2.05) is 22.7 Å². The zero-order valence-corrected chi connectivity index (χ0v) is 10.2. The third-order valence-corrected chi connectivity index (χ3v) is 3.85. The molecule has 0 aromatic heterocycles. The number of rotatable bonds is 5. The first kappa shape index (κ1) is 11.5. The van der Waals surface area contributed by atoms with Gasteiger partial charge in [0, 0.05) is 24.4 Å². The Morgan fingerprint density at radius 1 is 1.25 bits per heavy atom. The van der Waals surface area contributed by atoms with Crippen molar-refractivity contribution < 1.29 is 4.79 Å². The summed E-state index contributed by atoms with van der Waals surface area (Å²) in [6.07, 6.45) is 2.89. The molecule has 1 heterocycles. The molecule has 1 aromatic carbocycles. The number of carbonyl (C=O) groups excluding carboxylic acids is 1. The minimum Gasteiger partial charge on any atom is -0.343 e. The highest BCUT2D eigenvalue weighted by atomic mass is 32.2. The Balaban J connectivity index is 1.64. The van der Waals surface area contributed by atoms with Crippen molar-refractivity contribution in [1.29, 1.82) is 0 Å². The summed E-state index contributed by atoms with van der Waals surface area (Å²) >= 11 is 1.87. The summed E-state index contributed by atoms with van der Waals surface area (Å²) in [5.74, 6) is 1.43. The molecule has 0 aliphatic carbocycles. The first-order valence-electron chi connectivity index (χ1n) is 5.82. The maximum atomic E-state index is 11.4. The van der Waals surface area contributed by atoms with E-state index in [-0.39, 0.29) is 0 Å². The van der Waals surface area contributed by atoms with Gasteiger partial charge in [-0.15, -0.1) is 11.8 Å². The van der Waals surface area contributed by atoms with Crippen LogP contribution in [0.15, 0.2) is 35.2 Å². The fourth-order valence-electron chi connectivity index (χ4n) is 1.90. The molecule has 1 aliphatic rings. The van der Waals surface area contributed by atoms with E-state index in [4.69, 9.17) is 0 Å². The number of thioether (sulfide) groups is 1. The number of hydrogen-bond donors (Lipinski definition) is 0. The van der Waals surface area contributed by atoms with E-state index in [0.717, 1.165) is 38.1 Å². The fraction of sp³-hybridized carbons (Fsp3) is 0.462. The van der Waals surface area contributed by atoms with Gasteiger partial charge in [-0.3, -0.25) is 4.79 Å². The van der Waals surface area contributed by atoms with Crippen LogP contribution in [0.3, 0.4) is 0 Å². The smallest absolute Gasteiger partial charge is 0.222 e. The molecule has 0 saturated carbocycles. The molecule has 1 aromatic rings. The molecule has 2 nitrogen and oxygen atoms in total. The van der Waals surface area contributed by atoms with Gasteiger partial charge >= 0.3 is 0 Å². The number of likely N-dealkylation sites (tertiary alicyclic amines) is 1. The second-order valence-corrected chi connectivity index (χ2v) is 5.17. The highest BCUT2D eigenvalue weighted by Gasteiger charge is 2.18. The SMILES string of the molecule is O=C1CCCN1CCCSc1ccccc1. The normalized spacial score (nSPS) is 15.8. The lowest BCUT2D eigenvalue weighted by atomic mass is 10.4. The minimum absolute atomic E-state index is 0.338. The predicted octanol–water partition coefficient (Wildman–Crippen LogP) is 2.79. The van der Waals surface area contributed by atoms with Gasteiger partial charge in [-0.25, -0.2) is 0 Å². The van der Waals surface area contributed by atoms with Crippen molar-refractivity contribution in [2.75, 3.05) is 18.8 Å². The van der Waals surface area contributed by atoms with Gasteiger partial charge in [0.1, 0.15) is 0 Å². The Morgan fingerprint density at radius 3 is 2.75 bits per heavy atom. The van der Waals surface area contributed by atoms with E-state index in [1.165, 1.54) is 4.90 Å². The molecule has 1 amide bonds. The van der Waals surface area contributed by atoms with E-state index >= 15 is 0 Å². The van der Waals surface area contributed by atoms with Gasteiger partial charge in [-0.05, 0) is 30.7 Å². The molecule has 1 aliphatic heterocycles. The van der Waals surface area contributed by atoms with Crippen LogP contribution in [0.5, 0.6) is 0 Å². The van der Waals surface area contributed by atoms with E-state index in [0.29, 0.717) is 5.91 Å². The lowest BCUT2D eigenvalue weighted by molar-refractivity contribution is -0.127. The second-order valence-electron chi connectivity index (χ2n) is 4.00. The molecule has 0 spiro atoms. The zero-order valence-electron chi connectivity index (χ0n) is 9.39. The van der Waals surface area contributed by atoms with Crippen LogP contribution >= 0.6 is 11.8 Å². The molecular weight excluding hydrogens is 218 g/mol.